The van der Waals surface area contributed by atoms with Crippen molar-refractivity contribution >= 4 is 5.96 Å². The Bertz CT molecular complexity index is 515. The van der Waals surface area contributed by atoms with E-state index >= 15 is 0 Å². The first-order chi connectivity index (χ1) is 12.1. The SMILES string of the molecule is CCNC(=NCc1ncnn1C)NCCCCN1CC(C)CC(C)C1. The van der Waals surface area contributed by atoms with Gasteiger partial charge in [-0.15, -0.1) is 0 Å². The van der Waals surface area contributed by atoms with Crippen LogP contribution >= 0.6 is 0 Å². The van der Waals surface area contributed by atoms with Crippen molar-refractivity contribution in [1.82, 2.24) is 30.3 Å². The van der Waals surface area contributed by atoms with Gasteiger partial charge in [0.25, 0.3) is 0 Å². The van der Waals surface area contributed by atoms with Crippen LogP contribution in [0.25, 0.3) is 0 Å². The number of rotatable bonds is 8. The van der Waals surface area contributed by atoms with Crippen LogP contribution in [0.1, 0.15) is 45.9 Å². The van der Waals surface area contributed by atoms with Gasteiger partial charge in [-0.1, -0.05) is 13.8 Å². The second kappa shape index (κ2) is 10.4. The number of likely N-dealkylation sites (tertiary alicyclic amines) is 1. The maximum Gasteiger partial charge on any atom is 0.191 e. The predicted molar refractivity (Wildman–Crippen MR) is 102 cm³/mol. The Morgan fingerprint density at radius 2 is 2.00 bits per heavy atom. The Balaban J connectivity index is 1.66. The van der Waals surface area contributed by atoms with Gasteiger partial charge in [0, 0.05) is 33.2 Å². The molecule has 1 aliphatic rings. The van der Waals surface area contributed by atoms with Crippen LogP contribution in [-0.4, -0.2) is 58.3 Å². The highest BCUT2D eigenvalue weighted by atomic mass is 15.3. The first-order valence-corrected chi connectivity index (χ1v) is 9.65. The Hall–Kier alpha value is -1.63. The summed E-state index contributed by atoms with van der Waals surface area (Å²) >= 11 is 0. The summed E-state index contributed by atoms with van der Waals surface area (Å²) in [5.41, 5.74) is 0. The van der Waals surface area contributed by atoms with Gasteiger partial charge in [0.15, 0.2) is 5.96 Å². The van der Waals surface area contributed by atoms with Crippen LogP contribution in [0.5, 0.6) is 0 Å². The minimum Gasteiger partial charge on any atom is -0.357 e. The van der Waals surface area contributed by atoms with Crippen molar-refractivity contribution in [3.8, 4) is 0 Å². The van der Waals surface area contributed by atoms with Crippen LogP contribution in [0.3, 0.4) is 0 Å². The van der Waals surface area contributed by atoms with Crippen molar-refractivity contribution in [2.75, 3.05) is 32.7 Å². The van der Waals surface area contributed by atoms with Crippen LogP contribution in [-0.2, 0) is 13.6 Å². The van der Waals surface area contributed by atoms with E-state index in [-0.39, 0.29) is 0 Å². The lowest BCUT2D eigenvalue weighted by molar-refractivity contribution is 0.139. The number of aliphatic imine (C=N–C) groups is 1. The largest absolute Gasteiger partial charge is 0.357 e. The topological polar surface area (TPSA) is 70.4 Å². The van der Waals surface area contributed by atoms with E-state index in [0.717, 1.165) is 43.1 Å². The van der Waals surface area contributed by atoms with E-state index in [1.165, 1.54) is 32.5 Å². The predicted octanol–water partition coefficient (Wildman–Crippen LogP) is 1.63. The lowest BCUT2D eigenvalue weighted by Crippen LogP contribution is -2.40. The van der Waals surface area contributed by atoms with Crippen LogP contribution in [0, 0.1) is 11.8 Å². The molecule has 142 valence electrons. The molecule has 1 saturated heterocycles. The summed E-state index contributed by atoms with van der Waals surface area (Å²) in [4.78, 5) is 11.4. The molecule has 2 atom stereocenters. The summed E-state index contributed by atoms with van der Waals surface area (Å²) in [5.74, 6) is 3.40. The van der Waals surface area contributed by atoms with Gasteiger partial charge in [0.1, 0.15) is 18.7 Å². The zero-order valence-electron chi connectivity index (χ0n) is 16.3. The van der Waals surface area contributed by atoms with Gasteiger partial charge in [-0.3, -0.25) is 4.68 Å². The molecule has 0 amide bonds. The monoisotopic (exact) mass is 349 g/mol. The number of hydrogen-bond acceptors (Lipinski definition) is 4. The van der Waals surface area contributed by atoms with Crippen molar-refractivity contribution in [2.24, 2.45) is 23.9 Å². The number of nitrogens with zero attached hydrogens (tertiary/aromatic N) is 5. The van der Waals surface area contributed by atoms with Gasteiger partial charge in [0.2, 0.25) is 0 Å². The van der Waals surface area contributed by atoms with E-state index in [1.807, 2.05) is 7.05 Å². The molecule has 2 rings (SSSR count). The van der Waals surface area contributed by atoms with E-state index in [1.54, 1.807) is 11.0 Å². The third kappa shape index (κ3) is 7.02. The standard InChI is InChI=1S/C18H35N7/c1-5-19-18(21-11-17-22-14-23-24(17)4)20-8-6-7-9-25-12-15(2)10-16(3)13-25/h14-16H,5-13H2,1-4H3,(H2,19,20,21). The van der Waals surface area contributed by atoms with Crippen molar-refractivity contribution in [1.29, 1.82) is 0 Å². The number of aryl methyl sites for hydroxylation is 1. The second-order valence-corrected chi connectivity index (χ2v) is 7.33. The molecule has 0 bridgehead atoms. The molecule has 2 N–H and O–H groups in total. The lowest BCUT2D eigenvalue weighted by Gasteiger charge is -2.34. The highest BCUT2D eigenvalue weighted by Crippen LogP contribution is 2.20. The maximum absolute atomic E-state index is 4.58. The van der Waals surface area contributed by atoms with E-state index in [2.05, 4.69) is 51.4 Å². The van der Waals surface area contributed by atoms with Gasteiger partial charge in [-0.2, -0.15) is 5.10 Å². The molecule has 7 heteroatoms. The number of hydrogen-bond donors (Lipinski definition) is 2. The molecule has 7 nitrogen and oxygen atoms in total. The Morgan fingerprint density at radius 3 is 2.64 bits per heavy atom. The molecule has 2 unspecified atom stereocenters. The number of piperidine rings is 1. The number of aromatic nitrogens is 3. The van der Waals surface area contributed by atoms with Gasteiger partial charge in [0.05, 0.1) is 0 Å². The first-order valence-electron chi connectivity index (χ1n) is 9.65. The van der Waals surface area contributed by atoms with Crippen molar-refractivity contribution in [3.63, 3.8) is 0 Å². The second-order valence-electron chi connectivity index (χ2n) is 7.33. The van der Waals surface area contributed by atoms with E-state index in [0.29, 0.717) is 6.54 Å². The minimum absolute atomic E-state index is 0.537. The average molecular weight is 350 g/mol. The van der Waals surface area contributed by atoms with Gasteiger partial charge >= 0.3 is 0 Å². The number of unbranched alkanes of at least 4 members (excludes halogenated alkanes) is 1. The molecule has 0 aliphatic carbocycles. The fourth-order valence-corrected chi connectivity index (χ4v) is 3.60. The molecule has 25 heavy (non-hydrogen) atoms. The Kier molecular flexibility index (Phi) is 8.18. The molecule has 1 aromatic rings. The van der Waals surface area contributed by atoms with E-state index < -0.39 is 0 Å². The van der Waals surface area contributed by atoms with Crippen molar-refractivity contribution < 1.29 is 0 Å². The fraction of sp³-hybridized carbons (Fsp3) is 0.833. The molecule has 2 heterocycles. The fourth-order valence-electron chi connectivity index (χ4n) is 3.60. The number of nitrogens with one attached hydrogen (secondary N) is 2. The van der Waals surface area contributed by atoms with Crippen LogP contribution < -0.4 is 10.6 Å². The summed E-state index contributed by atoms with van der Waals surface area (Å²) in [5, 5.41) is 10.8. The summed E-state index contributed by atoms with van der Waals surface area (Å²) in [7, 11) is 1.89. The zero-order chi connectivity index (χ0) is 18.1. The molecule has 1 aliphatic heterocycles. The number of guanidine groups is 1. The normalized spacial score (nSPS) is 22.2. The van der Waals surface area contributed by atoms with Gasteiger partial charge < -0.3 is 15.5 Å². The third-order valence-electron chi connectivity index (χ3n) is 4.67. The molecule has 1 fully saturated rings. The summed E-state index contributed by atoms with van der Waals surface area (Å²) in [6.45, 7) is 12.9. The average Bonchev–Trinajstić information content (AvgIpc) is 2.96. The zero-order valence-corrected chi connectivity index (χ0v) is 16.3. The first kappa shape index (κ1) is 19.7. The van der Waals surface area contributed by atoms with Crippen molar-refractivity contribution in [2.45, 2.75) is 46.6 Å². The Morgan fingerprint density at radius 1 is 1.24 bits per heavy atom. The summed E-state index contributed by atoms with van der Waals surface area (Å²) in [6.07, 6.45) is 5.34. The molecular weight excluding hydrogens is 314 g/mol. The molecule has 0 aromatic carbocycles. The van der Waals surface area contributed by atoms with Crippen LogP contribution in [0.2, 0.25) is 0 Å². The maximum atomic E-state index is 4.58. The molecule has 0 saturated carbocycles. The van der Waals surface area contributed by atoms with Gasteiger partial charge in [-0.05, 0) is 44.6 Å². The van der Waals surface area contributed by atoms with E-state index in [4.69, 9.17) is 0 Å². The minimum atomic E-state index is 0.537. The lowest BCUT2D eigenvalue weighted by atomic mass is 9.92. The summed E-state index contributed by atoms with van der Waals surface area (Å²) in [6, 6.07) is 0. The highest BCUT2D eigenvalue weighted by Gasteiger charge is 2.20. The smallest absolute Gasteiger partial charge is 0.191 e. The molecular formula is C18H35N7. The van der Waals surface area contributed by atoms with Crippen LogP contribution in [0.15, 0.2) is 11.3 Å². The quantitative estimate of drug-likeness (QED) is 0.424. The van der Waals surface area contributed by atoms with E-state index in [9.17, 15) is 0 Å². The van der Waals surface area contributed by atoms with Crippen LogP contribution in [0.4, 0.5) is 0 Å². The van der Waals surface area contributed by atoms with Gasteiger partial charge in [-0.25, -0.2) is 9.98 Å². The molecule has 0 spiro atoms. The summed E-state index contributed by atoms with van der Waals surface area (Å²) < 4.78 is 1.76. The van der Waals surface area contributed by atoms with Crippen molar-refractivity contribution in [3.05, 3.63) is 12.2 Å². The molecule has 1 aromatic heterocycles. The molecule has 0 radical (unpaired) electrons. The Labute approximate surface area is 152 Å². The third-order valence-corrected chi connectivity index (χ3v) is 4.67. The highest BCUT2D eigenvalue weighted by molar-refractivity contribution is 5.79.